The van der Waals surface area contributed by atoms with E-state index in [0.717, 1.165) is 23.3 Å². The van der Waals surface area contributed by atoms with Crippen molar-refractivity contribution in [1.82, 2.24) is 15.3 Å². The third-order valence-electron chi connectivity index (χ3n) is 4.29. The van der Waals surface area contributed by atoms with Crippen molar-refractivity contribution in [3.05, 3.63) is 101 Å². The molecule has 0 radical (unpaired) electrons. The zero-order valence-electron chi connectivity index (χ0n) is 13.6. The molecule has 0 fully saturated rings. The molecule has 2 aromatic heterocycles. The maximum Gasteiger partial charge on any atom is 0.0897 e. The minimum atomic E-state index is 0.0340. The van der Waals surface area contributed by atoms with Crippen LogP contribution >= 0.6 is 11.6 Å². The van der Waals surface area contributed by atoms with Crippen molar-refractivity contribution >= 4 is 22.6 Å². The third-order valence-corrected chi connectivity index (χ3v) is 4.60. The Kier molecular flexibility index (Phi) is 4.51. The van der Waals surface area contributed by atoms with Crippen molar-refractivity contribution in [1.29, 1.82) is 0 Å². The van der Waals surface area contributed by atoms with Gasteiger partial charge in [-0.2, -0.15) is 0 Å². The number of nitrogens with one attached hydrogen (secondary N) is 2. The molecule has 2 heterocycles. The smallest absolute Gasteiger partial charge is 0.0897 e. The molecule has 0 saturated heterocycles. The van der Waals surface area contributed by atoms with Crippen LogP contribution in [-0.4, -0.2) is 9.97 Å². The van der Waals surface area contributed by atoms with E-state index in [4.69, 9.17) is 11.6 Å². The molecule has 3 nitrogen and oxygen atoms in total. The average molecular weight is 348 g/mol. The van der Waals surface area contributed by atoms with E-state index in [1.807, 2.05) is 12.1 Å². The van der Waals surface area contributed by atoms with Crippen LogP contribution in [0.1, 0.15) is 22.9 Å². The van der Waals surface area contributed by atoms with Gasteiger partial charge in [0.15, 0.2) is 0 Å². The van der Waals surface area contributed by atoms with E-state index in [-0.39, 0.29) is 6.04 Å². The molecule has 25 heavy (non-hydrogen) atoms. The lowest BCUT2D eigenvalue weighted by molar-refractivity contribution is 0.595. The Labute approximate surface area is 151 Å². The minimum Gasteiger partial charge on any atom is -0.354 e. The van der Waals surface area contributed by atoms with E-state index < -0.39 is 0 Å². The molecule has 2 aromatic carbocycles. The lowest BCUT2D eigenvalue weighted by atomic mass is 10.0. The summed E-state index contributed by atoms with van der Waals surface area (Å²) >= 11 is 6.30. The predicted molar refractivity (Wildman–Crippen MR) is 103 cm³/mol. The van der Waals surface area contributed by atoms with Crippen molar-refractivity contribution in [2.75, 3.05) is 0 Å². The summed E-state index contributed by atoms with van der Waals surface area (Å²) in [4.78, 5) is 7.86. The van der Waals surface area contributed by atoms with Crippen LogP contribution in [0.3, 0.4) is 0 Å². The summed E-state index contributed by atoms with van der Waals surface area (Å²) in [6.45, 7) is 0.775. The Morgan fingerprint density at radius 2 is 1.68 bits per heavy atom. The Bertz CT molecular complexity index is 964. The summed E-state index contributed by atoms with van der Waals surface area (Å²) in [6.07, 6.45) is 1.73. The molecule has 0 spiro atoms. The average Bonchev–Trinajstić information content (AvgIpc) is 3.09. The largest absolute Gasteiger partial charge is 0.354 e. The second-order valence-electron chi connectivity index (χ2n) is 5.99. The lowest BCUT2D eigenvalue weighted by Gasteiger charge is -2.18. The minimum absolute atomic E-state index is 0.0340. The molecule has 0 aliphatic heterocycles. The van der Waals surface area contributed by atoms with Crippen LogP contribution in [0.5, 0.6) is 0 Å². The van der Waals surface area contributed by atoms with Gasteiger partial charge in [-0.05, 0) is 23.3 Å². The Hall–Kier alpha value is -2.62. The monoisotopic (exact) mass is 347 g/mol. The summed E-state index contributed by atoms with van der Waals surface area (Å²) in [5.41, 5.74) is 5.25. The first-order valence-electron chi connectivity index (χ1n) is 8.26. The quantitative estimate of drug-likeness (QED) is 0.527. The molecule has 0 aliphatic rings. The molecule has 1 atom stereocenters. The molecule has 0 aliphatic carbocycles. The van der Waals surface area contributed by atoms with Gasteiger partial charge in [-0.25, -0.2) is 0 Å². The lowest BCUT2D eigenvalue weighted by Crippen LogP contribution is -2.22. The molecule has 2 N–H and O–H groups in total. The normalized spacial score (nSPS) is 12.4. The van der Waals surface area contributed by atoms with E-state index in [1.54, 1.807) is 12.3 Å². The molecular weight excluding hydrogens is 330 g/mol. The summed E-state index contributed by atoms with van der Waals surface area (Å²) in [5, 5.41) is 4.33. The molecule has 0 saturated carbocycles. The summed E-state index contributed by atoms with van der Waals surface area (Å²) in [5.74, 6) is 0. The number of hydrogen-bond donors (Lipinski definition) is 2. The highest BCUT2D eigenvalue weighted by Gasteiger charge is 2.17. The van der Waals surface area contributed by atoms with Gasteiger partial charge in [0.2, 0.25) is 0 Å². The molecular formula is C21H18ClN3. The Balaban J connectivity index is 1.70. The SMILES string of the molecule is Clc1ccnc2cc(C(NCc3ccccc3)c3ccccc3)[nH]c12. The van der Waals surface area contributed by atoms with Gasteiger partial charge in [0.1, 0.15) is 0 Å². The van der Waals surface area contributed by atoms with E-state index in [1.165, 1.54) is 11.1 Å². The predicted octanol–water partition coefficient (Wildman–Crippen LogP) is 5.10. The van der Waals surface area contributed by atoms with E-state index in [2.05, 4.69) is 69.9 Å². The molecule has 4 aromatic rings. The van der Waals surface area contributed by atoms with Crippen molar-refractivity contribution in [3.8, 4) is 0 Å². The van der Waals surface area contributed by atoms with Crippen molar-refractivity contribution in [3.63, 3.8) is 0 Å². The molecule has 1 unspecified atom stereocenters. The number of rotatable bonds is 5. The van der Waals surface area contributed by atoms with Crippen LogP contribution in [0.25, 0.3) is 11.0 Å². The number of fused-ring (bicyclic) bond motifs is 1. The number of aromatic nitrogens is 2. The van der Waals surface area contributed by atoms with Crippen molar-refractivity contribution in [2.24, 2.45) is 0 Å². The van der Waals surface area contributed by atoms with Crippen LogP contribution < -0.4 is 5.32 Å². The van der Waals surface area contributed by atoms with Gasteiger partial charge in [-0.15, -0.1) is 0 Å². The van der Waals surface area contributed by atoms with Gasteiger partial charge in [0.25, 0.3) is 0 Å². The highest BCUT2D eigenvalue weighted by Crippen LogP contribution is 2.28. The first kappa shape index (κ1) is 15.9. The molecule has 0 amide bonds. The Morgan fingerprint density at radius 1 is 0.960 bits per heavy atom. The number of aromatic amines is 1. The second kappa shape index (κ2) is 7.09. The summed E-state index contributed by atoms with van der Waals surface area (Å²) in [7, 11) is 0. The highest BCUT2D eigenvalue weighted by molar-refractivity contribution is 6.34. The molecule has 4 heteroatoms. The van der Waals surface area contributed by atoms with Gasteiger partial charge in [-0.3, -0.25) is 4.98 Å². The molecule has 0 bridgehead atoms. The van der Waals surface area contributed by atoms with Gasteiger partial charge in [-0.1, -0.05) is 72.3 Å². The molecule has 4 rings (SSSR count). The third kappa shape index (κ3) is 3.43. The maximum atomic E-state index is 6.30. The zero-order valence-corrected chi connectivity index (χ0v) is 14.4. The standard InChI is InChI=1S/C21H18ClN3/c22-17-11-12-23-18-13-19(25-21(17)18)20(16-9-5-2-6-10-16)24-14-15-7-3-1-4-8-15/h1-13,20,24-25H,14H2. The van der Waals surface area contributed by atoms with E-state index in [9.17, 15) is 0 Å². The fourth-order valence-electron chi connectivity index (χ4n) is 3.04. The van der Waals surface area contributed by atoms with E-state index >= 15 is 0 Å². The summed E-state index contributed by atoms with van der Waals surface area (Å²) < 4.78 is 0. The fourth-order valence-corrected chi connectivity index (χ4v) is 3.24. The van der Waals surface area contributed by atoms with Gasteiger partial charge in [0, 0.05) is 18.4 Å². The van der Waals surface area contributed by atoms with Gasteiger partial charge in [0.05, 0.1) is 22.1 Å². The first-order valence-corrected chi connectivity index (χ1v) is 8.64. The van der Waals surface area contributed by atoms with Gasteiger partial charge < -0.3 is 10.3 Å². The Morgan fingerprint density at radius 3 is 2.40 bits per heavy atom. The number of H-pyrrole nitrogens is 1. The molecule has 124 valence electrons. The number of pyridine rings is 1. The first-order chi connectivity index (χ1) is 12.3. The topological polar surface area (TPSA) is 40.7 Å². The highest BCUT2D eigenvalue weighted by atomic mass is 35.5. The van der Waals surface area contributed by atoms with Crippen LogP contribution in [0.15, 0.2) is 79.0 Å². The van der Waals surface area contributed by atoms with Crippen LogP contribution in [0, 0.1) is 0 Å². The number of hydrogen-bond acceptors (Lipinski definition) is 2. The maximum absolute atomic E-state index is 6.30. The number of nitrogens with zero attached hydrogens (tertiary/aromatic N) is 1. The second-order valence-corrected chi connectivity index (χ2v) is 6.40. The van der Waals surface area contributed by atoms with Crippen LogP contribution in [0.2, 0.25) is 5.02 Å². The van der Waals surface area contributed by atoms with E-state index in [0.29, 0.717) is 5.02 Å². The zero-order chi connectivity index (χ0) is 17.1. The van der Waals surface area contributed by atoms with Crippen molar-refractivity contribution < 1.29 is 0 Å². The van der Waals surface area contributed by atoms with Crippen LogP contribution in [-0.2, 0) is 6.54 Å². The van der Waals surface area contributed by atoms with Gasteiger partial charge >= 0.3 is 0 Å². The van der Waals surface area contributed by atoms with Crippen molar-refractivity contribution in [2.45, 2.75) is 12.6 Å². The summed E-state index contributed by atoms with van der Waals surface area (Å²) in [6, 6.07) is 24.7. The number of benzene rings is 2. The number of halogens is 1. The fraction of sp³-hybridized carbons (Fsp3) is 0.0952. The van der Waals surface area contributed by atoms with Crippen LogP contribution in [0.4, 0.5) is 0 Å².